The molecule has 1 aromatic heterocycles. The van der Waals surface area contributed by atoms with E-state index in [1.165, 1.54) is 44.2 Å². The average Bonchev–Trinajstić information content (AvgIpc) is 3.75. The Balaban J connectivity index is 1.22. The van der Waals surface area contributed by atoms with E-state index in [2.05, 4.69) is 213 Å². The summed E-state index contributed by atoms with van der Waals surface area (Å²) in [6.07, 6.45) is 0. The van der Waals surface area contributed by atoms with Gasteiger partial charge in [-0.2, -0.15) is 0 Å². The van der Waals surface area contributed by atoms with Gasteiger partial charge < -0.3 is 9.32 Å². The van der Waals surface area contributed by atoms with Gasteiger partial charge in [-0.25, -0.2) is 0 Å². The second-order valence-electron chi connectivity index (χ2n) is 15.7. The van der Waals surface area contributed by atoms with Gasteiger partial charge in [0.05, 0.1) is 5.69 Å². The minimum atomic E-state index is -0.159. The second kappa shape index (κ2) is 13.0. The predicted octanol–water partition coefficient (Wildman–Crippen LogP) is 15.5. The maximum atomic E-state index is 6.52. The molecule has 0 aliphatic heterocycles. The molecule has 2 nitrogen and oxygen atoms in total. The van der Waals surface area contributed by atoms with Crippen LogP contribution in [-0.4, -0.2) is 0 Å². The van der Waals surface area contributed by atoms with E-state index < -0.39 is 0 Å². The van der Waals surface area contributed by atoms with Gasteiger partial charge in [0.25, 0.3) is 0 Å². The van der Waals surface area contributed by atoms with E-state index in [1.54, 1.807) is 0 Å². The maximum absolute atomic E-state index is 6.52. The van der Waals surface area contributed by atoms with Crippen molar-refractivity contribution in [2.24, 2.45) is 0 Å². The van der Waals surface area contributed by atoms with Gasteiger partial charge >= 0.3 is 0 Å². The van der Waals surface area contributed by atoms with Crippen LogP contribution in [0.1, 0.15) is 25.0 Å². The molecule has 11 rings (SSSR count). The first-order chi connectivity index (χ1) is 28.0. The van der Waals surface area contributed by atoms with E-state index in [-0.39, 0.29) is 5.41 Å². The fourth-order valence-electron chi connectivity index (χ4n) is 9.22. The molecule has 0 fully saturated rings. The van der Waals surface area contributed by atoms with Gasteiger partial charge in [0.2, 0.25) is 0 Å². The summed E-state index contributed by atoms with van der Waals surface area (Å²) in [7, 11) is 0. The standard InChI is InChI=1S/C55H39NO/c1-55(2)49-23-13-11-21-45(49)46-29-27-42(35-50(46)55)56(43-32-40(36-15-5-3-6-16-36)31-41(33-43)37-17-7-4-8-18-37)51-30-26-38-19-9-10-20-44(38)54(51)39-25-28-48-47-22-12-14-24-52(47)57-53(48)34-39/h3-35H,1-2H3. The highest BCUT2D eigenvalue weighted by atomic mass is 16.3. The highest BCUT2D eigenvalue weighted by Gasteiger charge is 2.36. The molecule has 0 N–H and O–H groups in total. The molecule has 0 saturated carbocycles. The molecule has 0 unspecified atom stereocenters. The number of anilines is 3. The number of fused-ring (bicyclic) bond motifs is 7. The molecule has 2 heteroatoms. The summed E-state index contributed by atoms with van der Waals surface area (Å²) in [6.45, 7) is 4.72. The van der Waals surface area contributed by atoms with E-state index in [9.17, 15) is 0 Å². The minimum absolute atomic E-state index is 0.159. The molecule has 10 aromatic rings. The Morgan fingerprint density at radius 2 is 1.02 bits per heavy atom. The van der Waals surface area contributed by atoms with Crippen LogP contribution in [0.4, 0.5) is 17.1 Å². The average molecular weight is 730 g/mol. The topological polar surface area (TPSA) is 16.4 Å². The van der Waals surface area contributed by atoms with Crippen LogP contribution in [0.3, 0.4) is 0 Å². The Labute approximate surface area is 332 Å². The van der Waals surface area contributed by atoms with Crippen molar-refractivity contribution in [3.05, 3.63) is 211 Å². The van der Waals surface area contributed by atoms with E-state index in [4.69, 9.17) is 4.42 Å². The van der Waals surface area contributed by atoms with Crippen LogP contribution in [0.2, 0.25) is 0 Å². The third-order valence-corrected chi connectivity index (χ3v) is 12.0. The predicted molar refractivity (Wildman–Crippen MR) is 240 cm³/mol. The number of para-hydroxylation sites is 1. The number of nitrogens with zero attached hydrogens (tertiary/aromatic N) is 1. The van der Waals surface area contributed by atoms with Gasteiger partial charge in [0.15, 0.2) is 0 Å². The Hall–Kier alpha value is -7.16. The van der Waals surface area contributed by atoms with Crippen LogP contribution < -0.4 is 4.90 Å². The number of furan rings is 1. The van der Waals surface area contributed by atoms with Crippen molar-refractivity contribution >= 4 is 49.8 Å². The molecule has 0 saturated heterocycles. The van der Waals surface area contributed by atoms with Crippen LogP contribution in [0.5, 0.6) is 0 Å². The lowest BCUT2D eigenvalue weighted by Crippen LogP contribution is -2.17. The van der Waals surface area contributed by atoms with Gasteiger partial charge in [-0.15, -0.1) is 0 Å². The van der Waals surface area contributed by atoms with Crippen molar-refractivity contribution in [2.45, 2.75) is 19.3 Å². The van der Waals surface area contributed by atoms with Gasteiger partial charge in [-0.05, 0) is 115 Å². The molecular formula is C55H39NO. The number of benzene rings is 9. The van der Waals surface area contributed by atoms with E-state index >= 15 is 0 Å². The first-order valence-electron chi connectivity index (χ1n) is 19.8. The van der Waals surface area contributed by atoms with Crippen LogP contribution in [-0.2, 0) is 5.41 Å². The molecule has 0 spiro atoms. The van der Waals surface area contributed by atoms with Crippen molar-refractivity contribution in [3.63, 3.8) is 0 Å². The molecule has 9 aromatic carbocycles. The van der Waals surface area contributed by atoms with Crippen LogP contribution >= 0.6 is 0 Å². The van der Waals surface area contributed by atoms with E-state index in [0.29, 0.717) is 0 Å². The van der Waals surface area contributed by atoms with Gasteiger partial charge in [0, 0.05) is 33.1 Å². The quantitative estimate of drug-likeness (QED) is 0.169. The van der Waals surface area contributed by atoms with Gasteiger partial charge in [-0.1, -0.05) is 159 Å². The molecule has 0 bridgehead atoms. The van der Waals surface area contributed by atoms with Crippen LogP contribution in [0, 0.1) is 0 Å². The molecular weight excluding hydrogens is 691 g/mol. The zero-order valence-corrected chi connectivity index (χ0v) is 31.9. The normalized spacial score (nSPS) is 12.9. The van der Waals surface area contributed by atoms with Gasteiger partial charge in [-0.3, -0.25) is 0 Å². The lowest BCUT2D eigenvalue weighted by molar-refractivity contribution is 0.660. The number of hydrogen-bond donors (Lipinski definition) is 0. The first-order valence-corrected chi connectivity index (χ1v) is 19.8. The fourth-order valence-corrected chi connectivity index (χ4v) is 9.22. The second-order valence-corrected chi connectivity index (χ2v) is 15.7. The fraction of sp³-hybridized carbons (Fsp3) is 0.0545. The Morgan fingerprint density at radius 3 is 1.79 bits per heavy atom. The molecule has 270 valence electrons. The summed E-state index contributed by atoms with van der Waals surface area (Å²) in [5.41, 5.74) is 17.2. The summed E-state index contributed by atoms with van der Waals surface area (Å²) < 4.78 is 6.52. The molecule has 0 atom stereocenters. The van der Waals surface area contributed by atoms with E-state index in [1.807, 2.05) is 6.07 Å². The first kappa shape index (κ1) is 33.2. The summed E-state index contributed by atoms with van der Waals surface area (Å²) in [5, 5.41) is 4.63. The van der Waals surface area contributed by atoms with Crippen molar-refractivity contribution in [3.8, 4) is 44.5 Å². The summed E-state index contributed by atoms with van der Waals surface area (Å²) in [5.74, 6) is 0. The van der Waals surface area contributed by atoms with Crippen LogP contribution in [0.25, 0.3) is 77.2 Å². The Morgan fingerprint density at radius 1 is 0.386 bits per heavy atom. The van der Waals surface area contributed by atoms with Crippen molar-refractivity contribution in [1.82, 2.24) is 0 Å². The third kappa shape index (κ3) is 5.40. The van der Waals surface area contributed by atoms with E-state index in [0.717, 1.165) is 61.3 Å². The summed E-state index contributed by atoms with van der Waals surface area (Å²) >= 11 is 0. The highest BCUT2D eigenvalue weighted by molar-refractivity contribution is 6.10. The number of rotatable bonds is 6. The Bertz CT molecular complexity index is 3100. The molecule has 1 aliphatic carbocycles. The number of hydrogen-bond acceptors (Lipinski definition) is 2. The highest BCUT2D eigenvalue weighted by Crippen LogP contribution is 2.52. The molecule has 1 aliphatic rings. The van der Waals surface area contributed by atoms with Crippen molar-refractivity contribution < 1.29 is 4.42 Å². The van der Waals surface area contributed by atoms with Crippen molar-refractivity contribution in [2.75, 3.05) is 4.90 Å². The zero-order valence-electron chi connectivity index (χ0n) is 31.9. The molecule has 0 radical (unpaired) electrons. The summed E-state index contributed by atoms with van der Waals surface area (Å²) in [4.78, 5) is 2.49. The zero-order chi connectivity index (χ0) is 38.1. The third-order valence-electron chi connectivity index (χ3n) is 12.0. The van der Waals surface area contributed by atoms with Gasteiger partial charge in [0.1, 0.15) is 11.2 Å². The van der Waals surface area contributed by atoms with Crippen LogP contribution in [0.15, 0.2) is 205 Å². The molecule has 1 heterocycles. The molecule has 57 heavy (non-hydrogen) atoms. The lowest BCUT2D eigenvalue weighted by atomic mass is 9.82. The minimum Gasteiger partial charge on any atom is -0.456 e. The van der Waals surface area contributed by atoms with Crippen molar-refractivity contribution in [1.29, 1.82) is 0 Å². The SMILES string of the molecule is CC1(C)c2ccccc2-c2ccc(N(c3cc(-c4ccccc4)cc(-c4ccccc4)c3)c3ccc4ccccc4c3-c3ccc4c(c3)oc3ccccc34)cc21. The monoisotopic (exact) mass is 729 g/mol. The smallest absolute Gasteiger partial charge is 0.136 e. The largest absolute Gasteiger partial charge is 0.456 e. The molecule has 0 amide bonds. The Kier molecular flexibility index (Phi) is 7.55. The maximum Gasteiger partial charge on any atom is 0.136 e. The summed E-state index contributed by atoms with van der Waals surface area (Å²) in [6, 6.07) is 72.9. The lowest BCUT2D eigenvalue weighted by Gasteiger charge is -2.31.